The van der Waals surface area contributed by atoms with Crippen molar-refractivity contribution in [1.29, 1.82) is 0 Å². The van der Waals surface area contributed by atoms with Crippen LogP contribution in [0.15, 0.2) is 24.3 Å². The third kappa shape index (κ3) is 3.72. The quantitative estimate of drug-likeness (QED) is 0.827. The fourth-order valence-corrected chi connectivity index (χ4v) is 1.60. The van der Waals surface area contributed by atoms with E-state index in [2.05, 4.69) is 20.8 Å². The Morgan fingerprint density at radius 2 is 1.82 bits per heavy atom. The van der Waals surface area contributed by atoms with Crippen LogP contribution in [0, 0.1) is 5.92 Å². The highest BCUT2D eigenvalue weighted by Gasteiger charge is 2.19. The van der Waals surface area contributed by atoms with E-state index in [1.165, 1.54) is 0 Å². The molecule has 0 fully saturated rings. The number of para-hydroxylation sites is 1. The Kier molecular flexibility index (Phi) is 5.45. The number of benzene rings is 1. The SMILES string of the molecule is COc1ccccc1C(CN)OC(C)C(C)C. The van der Waals surface area contributed by atoms with Gasteiger partial charge >= 0.3 is 0 Å². The summed E-state index contributed by atoms with van der Waals surface area (Å²) < 4.78 is 11.3. The van der Waals surface area contributed by atoms with E-state index in [0.717, 1.165) is 11.3 Å². The Bertz CT molecular complexity index is 339. The largest absolute Gasteiger partial charge is 0.496 e. The van der Waals surface area contributed by atoms with Gasteiger partial charge in [-0.1, -0.05) is 32.0 Å². The van der Waals surface area contributed by atoms with Crippen molar-refractivity contribution in [3.63, 3.8) is 0 Å². The van der Waals surface area contributed by atoms with Gasteiger partial charge in [0, 0.05) is 12.1 Å². The predicted molar refractivity (Wildman–Crippen MR) is 70.2 cm³/mol. The molecule has 0 aromatic heterocycles. The van der Waals surface area contributed by atoms with Crippen LogP contribution in [-0.2, 0) is 4.74 Å². The van der Waals surface area contributed by atoms with Gasteiger partial charge in [0.1, 0.15) is 5.75 Å². The molecule has 1 aromatic carbocycles. The van der Waals surface area contributed by atoms with Crippen LogP contribution in [0.5, 0.6) is 5.75 Å². The van der Waals surface area contributed by atoms with Crippen LogP contribution < -0.4 is 10.5 Å². The second-order valence-electron chi connectivity index (χ2n) is 4.55. The highest BCUT2D eigenvalue weighted by atomic mass is 16.5. The second-order valence-corrected chi connectivity index (χ2v) is 4.55. The number of hydrogen-bond acceptors (Lipinski definition) is 3. The maximum atomic E-state index is 5.98. The highest BCUT2D eigenvalue weighted by molar-refractivity contribution is 5.35. The van der Waals surface area contributed by atoms with E-state index in [4.69, 9.17) is 15.2 Å². The Balaban J connectivity index is 2.86. The van der Waals surface area contributed by atoms with Gasteiger partial charge in [-0.2, -0.15) is 0 Å². The summed E-state index contributed by atoms with van der Waals surface area (Å²) in [5.41, 5.74) is 6.81. The molecule has 0 aliphatic heterocycles. The Morgan fingerprint density at radius 1 is 1.18 bits per heavy atom. The van der Waals surface area contributed by atoms with E-state index in [9.17, 15) is 0 Å². The summed E-state index contributed by atoms with van der Waals surface area (Å²) in [6.45, 7) is 6.81. The molecule has 2 atom stereocenters. The lowest BCUT2D eigenvalue weighted by atomic mass is 10.1. The third-order valence-electron chi connectivity index (χ3n) is 3.02. The van der Waals surface area contributed by atoms with Crippen molar-refractivity contribution >= 4 is 0 Å². The van der Waals surface area contributed by atoms with Crippen molar-refractivity contribution in [3.05, 3.63) is 29.8 Å². The number of methoxy groups -OCH3 is 1. The molecule has 1 rings (SSSR count). The zero-order chi connectivity index (χ0) is 12.8. The van der Waals surface area contributed by atoms with E-state index < -0.39 is 0 Å². The summed E-state index contributed by atoms with van der Waals surface area (Å²) in [5.74, 6) is 1.30. The normalized spacial score (nSPS) is 14.7. The molecule has 96 valence electrons. The maximum Gasteiger partial charge on any atom is 0.124 e. The van der Waals surface area contributed by atoms with Crippen LogP contribution in [0.4, 0.5) is 0 Å². The van der Waals surface area contributed by atoms with Gasteiger partial charge in [-0.15, -0.1) is 0 Å². The molecule has 1 aromatic rings. The molecule has 0 radical (unpaired) electrons. The molecule has 2 unspecified atom stereocenters. The van der Waals surface area contributed by atoms with Gasteiger partial charge in [0.25, 0.3) is 0 Å². The van der Waals surface area contributed by atoms with E-state index in [0.29, 0.717) is 12.5 Å². The van der Waals surface area contributed by atoms with Crippen molar-refractivity contribution in [2.45, 2.75) is 33.0 Å². The zero-order valence-corrected chi connectivity index (χ0v) is 11.1. The lowest BCUT2D eigenvalue weighted by Gasteiger charge is -2.25. The third-order valence-corrected chi connectivity index (χ3v) is 3.02. The number of nitrogens with two attached hydrogens (primary N) is 1. The highest BCUT2D eigenvalue weighted by Crippen LogP contribution is 2.28. The summed E-state index contributed by atoms with van der Waals surface area (Å²) >= 11 is 0. The fraction of sp³-hybridized carbons (Fsp3) is 0.571. The van der Waals surface area contributed by atoms with Crippen LogP contribution >= 0.6 is 0 Å². The lowest BCUT2D eigenvalue weighted by Crippen LogP contribution is -2.24. The Morgan fingerprint density at radius 3 is 2.35 bits per heavy atom. The van der Waals surface area contributed by atoms with E-state index in [1.54, 1.807) is 7.11 Å². The summed E-state index contributed by atoms with van der Waals surface area (Å²) in [6.07, 6.45) is 0.0667. The smallest absolute Gasteiger partial charge is 0.124 e. The van der Waals surface area contributed by atoms with Gasteiger partial charge in [-0.25, -0.2) is 0 Å². The van der Waals surface area contributed by atoms with Crippen molar-refractivity contribution in [1.82, 2.24) is 0 Å². The molecular weight excluding hydrogens is 214 g/mol. The molecule has 0 bridgehead atoms. The van der Waals surface area contributed by atoms with Crippen LogP contribution in [-0.4, -0.2) is 19.8 Å². The van der Waals surface area contributed by atoms with Crippen LogP contribution in [0.1, 0.15) is 32.4 Å². The van der Waals surface area contributed by atoms with Crippen molar-refractivity contribution < 1.29 is 9.47 Å². The molecule has 0 saturated heterocycles. The van der Waals surface area contributed by atoms with Gasteiger partial charge in [-0.05, 0) is 18.9 Å². The van der Waals surface area contributed by atoms with Crippen molar-refractivity contribution in [3.8, 4) is 5.75 Å². The topological polar surface area (TPSA) is 44.5 Å². The summed E-state index contributed by atoms with van der Waals surface area (Å²) in [5, 5.41) is 0. The standard InChI is InChI=1S/C14H23NO2/c1-10(2)11(3)17-14(9-15)12-7-5-6-8-13(12)16-4/h5-8,10-11,14H,9,15H2,1-4H3. The van der Waals surface area contributed by atoms with E-state index in [-0.39, 0.29) is 12.2 Å². The minimum Gasteiger partial charge on any atom is -0.496 e. The Hall–Kier alpha value is -1.06. The van der Waals surface area contributed by atoms with E-state index >= 15 is 0 Å². The average Bonchev–Trinajstić information content (AvgIpc) is 2.35. The summed E-state index contributed by atoms with van der Waals surface area (Å²) in [6, 6.07) is 7.86. The number of hydrogen-bond donors (Lipinski definition) is 1. The first-order chi connectivity index (χ1) is 8.10. The summed E-state index contributed by atoms with van der Waals surface area (Å²) in [7, 11) is 1.66. The number of rotatable bonds is 6. The lowest BCUT2D eigenvalue weighted by molar-refractivity contribution is -0.0229. The molecule has 0 aliphatic rings. The fourth-order valence-electron chi connectivity index (χ4n) is 1.60. The molecular formula is C14H23NO2. The van der Waals surface area contributed by atoms with Gasteiger partial charge in [0.15, 0.2) is 0 Å². The predicted octanol–water partition coefficient (Wildman–Crippen LogP) is 2.76. The van der Waals surface area contributed by atoms with Gasteiger partial charge in [-0.3, -0.25) is 0 Å². The molecule has 0 saturated carbocycles. The van der Waals surface area contributed by atoms with Gasteiger partial charge < -0.3 is 15.2 Å². The first-order valence-electron chi connectivity index (χ1n) is 6.08. The van der Waals surface area contributed by atoms with Gasteiger partial charge in [0.2, 0.25) is 0 Å². The Labute approximate surface area is 104 Å². The van der Waals surface area contributed by atoms with E-state index in [1.807, 2.05) is 24.3 Å². The molecule has 0 aliphatic carbocycles. The molecule has 2 N–H and O–H groups in total. The monoisotopic (exact) mass is 237 g/mol. The minimum absolute atomic E-state index is 0.108. The molecule has 3 nitrogen and oxygen atoms in total. The molecule has 3 heteroatoms. The van der Waals surface area contributed by atoms with Crippen LogP contribution in [0.2, 0.25) is 0 Å². The summed E-state index contributed by atoms with van der Waals surface area (Å²) in [4.78, 5) is 0. The van der Waals surface area contributed by atoms with Crippen molar-refractivity contribution in [2.75, 3.05) is 13.7 Å². The maximum absolute atomic E-state index is 5.98. The van der Waals surface area contributed by atoms with Gasteiger partial charge in [0.05, 0.1) is 19.3 Å². The molecule has 0 heterocycles. The zero-order valence-electron chi connectivity index (χ0n) is 11.1. The first-order valence-corrected chi connectivity index (χ1v) is 6.08. The molecule has 0 amide bonds. The van der Waals surface area contributed by atoms with Crippen molar-refractivity contribution in [2.24, 2.45) is 11.7 Å². The van der Waals surface area contributed by atoms with Crippen LogP contribution in [0.25, 0.3) is 0 Å². The minimum atomic E-state index is -0.108. The average molecular weight is 237 g/mol. The molecule has 17 heavy (non-hydrogen) atoms. The second kappa shape index (κ2) is 6.62. The molecule has 0 spiro atoms. The number of ether oxygens (including phenoxy) is 2. The van der Waals surface area contributed by atoms with Crippen LogP contribution in [0.3, 0.4) is 0 Å². The first kappa shape index (κ1) is 14.0.